The van der Waals surface area contributed by atoms with Crippen LogP contribution >= 0.6 is 0 Å². The second-order valence-electron chi connectivity index (χ2n) is 6.75. The van der Waals surface area contributed by atoms with Crippen LogP contribution in [0.15, 0.2) is 24.8 Å². The first kappa shape index (κ1) is 17.5. The summed E-state index contributed by atoms with van der Waals surface area (Å²) in [6.07, 6.45) is 15.5. The lowest BCUT2D eigenvalue weighted by Crippen LogP contribution is -2.03. The van der Waals surface area contributed by atoms with E-state index >= 15 is 0 Å². The van der Waals surface area contributed by atoms with Crippen LogP contribution in [-0.4, -0.2) is 0 Å². The number of allylic oxidation sites excluding steroid dienone is 2. The van der Waals surface area contributed by atoms with E-state index in [1.54, 1.807) is 0 Å². The predicted molar refractivity (Wildman–Crippen MR) is 85.0 cm³/mol. The SMILES string of the molecule is C=CC(=C)CCCCCCCCCCC(C)(C)C. The molecular formula is C18H34. The van der Waals surface area contributed by atoms with E-state index in [2.05, 4.69) is 33.9 Å². The summed E-state index contributed by atoms with van der Waals surface area (Å²) in [5.41, 5.74) is 1.71. The molecule has 0 aliphatic carbocycles. The average Bonchev–Trinajstić information content (AvgIpc) is 2.29. The summed E-state index contributed by atoms with van der Waals surface area (Å²) in [6.45, 7) is 14.7. The van der Waals surface area contributed by atoms with Crippen molar-refractivity contribution in [3.05, 3.63) is 24.8 Å². The second-order valence-corrected chi connectivity index (χ2v) is 6.75. The first-order chi connectivity index (χ1) is 8.45. The normalized spacial score (nSPS) is 11.5. The molecule has 0 aromatic heterocycles. The Labute approximate surface area is 116 Å². The molecule has 0 rings (SSSR count). The van der Waals surface area contributed by atoms with Crippen molar-refractivity contribution in [2.24, 2.45) is 5.41 Å². The molecule has 0 saturated carbocycles. The van der Waals surface area contributed by atoms with Crippen molar-refractivity contribution in [1.29, 1.82) is 0 Å². The zero-order valence-corrected chi connectivity index (χ0v) is 13.1. The second kappa shape index (κ2) is 10.4. The van der Waals surface area contributed by atoms with Gasteiger partial charge in [-0.2, -0.15) is 0 Å². The van der Waals surface area contributed by atoms with Crippen molar-refractivity contribution in [3.63, 3.8) is 0 Å². The van der Waals surface area contributed by atoms with Gasteiger partial charge in [0, 0.05) is 0 Å². The number of hydrogen-bond acceptors (Lipinski definition) is 0. The van der Waals surface area contributed by atoms with E-state index in [-0.39, 0.29) is 0 Å². The van der Waals surface area contributed by atoms with Crippen LogP contribution < -0.4 is 0 Å². The lowest BCUT2D eigenvalue weighted by Gasteiger charge is -2.17. The Morgan fingerprint density at radius 2 is 1.28 bits per heavy atom. The molecule has 18 heavy (non-hydrogen) atoms. The monoisotopic (exact) mass is 250 g/mol. The molecule has 0 radical (unpaired) electrons. The molecule has 0 aromatic carbocycles. The third-order valence-corrected chi connectivity index (χ3v) is 3.46. The Morgan fingerprint density at radius 3 is 1.72 bits per heavy atom. The van der Waals surface area contributed by atoms with Crippen LogP contribution in [0, 0.1) is 5.41 Å². The van der Waals surface area contributed by atoms with E-state index < -0.39 is 0 Å². The highest BCUT2D eigenvalue weighted by molar-refractivity contribution is 5.10. The van der Waals surface area contributed by atoms with Crippen LogP contribution in [0.1, 0.15) is 85.0 Å². The lowest BCUT2D eigenvalue weighted by atomic mass is 9.89. The van der Waals surface area contributed by atoms with Gasteiger partial charge in [-0.05, 0) is 24.7 Å². The Morgan fingerprint density at radius 1 is 0.833 bits per heavy atom. The Kier molecular flexibility index (Phi) is 10.1. The summed E-state index contributed by atoms with van der Waals surface area (Å²) in [6, 6.07) is 0. The first-order valence-electron chi connectivity index (χ1n) is 7.76. The van der Waals surface area contributed by atoms with Gasteiger partial charge in [0.05, 0.1) is 0 Å². The summed E-state index contributed by atoms with van der Waals surface area (Å²) in [5, 5.41) is 0. The van der Waals surface area contributed by atoms with Gasteiger partial charge in [-0.25, -0.2) is 0 Å². The van der Waals surface area contributed by atoms with Gasteiger partial charge in [0.1, 0.15) is 0 Å². The summed E-state index contributed by atoms with van der Waals surface area (Å²) in [5.74, 6) is 0. The minimum Gasteiger partial charge on any atom is -0.0988 e. The third kappa shape index (κ3) is 13.5. The van der Waals surface area contributed by atoms with Crippen LogP contribution in [0.5, 0.6) is 0 Å². The molecule has 0 saturated heterocycles. The number of rotatable bonds is 11. The summed E-state index contributed by atoms with van der Waals surface area (Å²) in [4.78, 5) is 0. The highest BCUT2D eigenvalue weighted by Gasteiger charge is 2.08. The summed E-state index contributed by atoms with van der Waals surface area (Å²) < 4.78 is 0. The van der Waals surface area contributed by atoms with E-state index in [0.717, 1.165) is 6.42 Å². The van der Waals surface area contributed by atoms with Crippen LogP contribution in [0.2, 0.25) is 0 Å². The van der Waals surface area contributed by atoms with Crippen LogP contribution in [0.25, 0.3) is 0 Å². The average molecular weight is 250 g/mol. The highest BCUT2D eigenvalue weighted by Crippen LogP contribution is 2.22. The van der Waals surface area contributed by atoms with E-state index in [9.17, 15) is 0 Å². The predicted octanol–water partition coefficient (Wildman–Crippen LogP) is 6.68. The van der Waals surface area contributed by atoms with Crippen LogP contribution in [-0.2, 0) is 0 Å². The Balaban J connectivity index is 3.12. The molecule has 0 unspecified atom stereocenters. The summed E-state index contributed by atoms with van der Waals surface area (Å²) in [7, 11) is 0. The molecule has 0 heteroatoms. The molecule has 0 spiro atoms. The van der Waals surface area contributed by atoms with Crippen LogP contribution in [0.3, 0.4) is 0 Å². The van der Waals surface area contributed by atoms with Crippen molar-refractivity contribution in [3.8, 4) is 0 Å². The fourth-order valence-corrected chi connectivity index (χ4v) is 2.17. The van der Waals surface area contributed by atoms with Crippen molar-refractivity contribution < 1.29 is 0 Å². The molecule has 0 aromatic rings. The van der Waals surface area contributed by atoms with Crippen molar-refractivity contribution >= 4 is 0 Å². The van der Waals surface area contributed by atoms with Gasteiger partial charge in [0.25, 0.3) is 0 Å². The Bertz CT molecular complexity index is 217. The number of hydrogen-bond donors (Lipinski definition) is 0. The summed E-state index contributed by atoms with van der Waals surface area (Å²) >= 11 is 0. The molecular weight excluding hydrogens is 216 g/mol. The van der Waals surface area contributed by atoms with Gasteiger partial charge in [0.15, 0.2) is 0 Å². The number of unbranched alkanes of at least 4 members (excludes halogenated alkanes) is 7. The molecule has 0 aliphatic heterocycles. The van der Waals surface area contributed by atoms with Crippen molar-refractivity contribution in [1.82, 2.24) is 0 Å². The highest BCUT2D eigenvalue weighted by atomic mass is 14.1. The quantitative estimate of drug-likeness (QED) is 0.283. The van der Waals surface area contributed by atoms with Gasteiger partial charge in [-0.15, -0.1) is 0 Å². The minimum absolute atomic E-state index is 0.521. The lowest BCUT2D eigenvalue weighted by molar-refractivity contribution is 0.356. The maximum atomic E-state index is 3.94. The molecule has 0 bridgehead atoms. The van der Waals surface area contributed by atoms with Crippen LogP contribution in [0.4, 0.5) is 0 Å². The fourth-order valence-electron chi connectivity index (χ4n) is 2.17. The van der Waals surface area contributed by atoms with E-state index in [1.165, 1.54) is 63.4 Å². The van der Waals surface area contributed by atoms with Crippen molar-refractivity contribution in [2.75, 3.05) is 0 Å². The first-order valence-corrected chi connectivity index (χ1v) is 7.76. The van der Waals surface area contributed by atoms with E-state index in [0.29, 0.717) is 5.41 Å². The smallest absolute Gasteiger partial charge is 0.0285 e. The molecule has 0 amide bonds. The molecule has 0 aliphatic rings. The molecule has 0 N–H and O–H groups in total. The molecule has 0 heterocycles. The van der Waals surface area contributed by atoms with Crippen molar-refractivity contribution in [2.45, 2.75) is 85.0 Å². The minimum atomic E-state index is 0.521. The zero-order chi connectivity index (χ0) is 13.9. The fraction of sp³-hybridized carbons (Fsp3) is 0.778. The van der Waals surface area contributed by atoms with E-state index in [4.69, 9.17) is 0 Å². The largest absolute Gasteiger partial charge is 0.0988 e. The third-order valence-electron chi connectivity index (χ3n) is 3.46. The van der Waals surface area contributed by atoms with Gasteiger partial charge in [-0.3, -0.25) is 0 Å². The molecule has 106 valence electrons. The maximum absolute atomic E-state index is 3.94. The molecule has 0 atom stereocenters. The van der Waals surface area contributed by atoms with Gasteiger partial charge < -0.3 is 0 Å². The van der Waals surface area contributed by atoms with Gasteiger partial charge in [-0.1, -0.05) is 90.5 Å². The zero-order valence-electron chi connectivity index (χ0n) is 13.1. The van der Waals surface area contributed by atoms with Gasteiger partial charge >= 0.3 is 0 Å². The molecule has 0 fully saturated rings. The Hall–Kier alpha value is -0.520. The molecule has 0 nitrogen and oxygen atoms in total. The van der Waals surface area contributed by atoms with Gasteiger partial charge in [0.2, 0.25) is 0 Å². The maximum Gasteiger partial charge on any atom is -0.0285 e. The standard InChI is InChI=1S/C18H34/c1-6-17(2)15-13-11-9-7-8-10-12-14-16-18(3,4)5/h6H,1-2,7-16H2,3-5H3. The topological polar surface area (TPSA) is 0 Å². The van der Waals surface area contributed by atoms with E-state index in [1.807, 2.05) is 6.08 Å².